The summed E-state index contributed by atoms with van der Waals surface area (Å²) in [6.45, 7) is 9.27. The summed E-state index contributed by atoms with van der Waals surface area (Å²) in [5.74, 6) is 0. The first-order valence-corrected chi connectivity index (χ1v) is 42.5. The maximum absolute atomic E-state index is 2.56. The Balaban J connectivity index is 1.16. The molecular formula is C102H134. The summed E-state index contributed by atoms with van der Waals surface area (Å²) in [6, 6.07) is 81.4. The molecule has 0 saturated carbocycles. The molecule has 0 fully saturated rings. The Morgan fingerprint density at radius 1 is 0.137 bits per heavy atom. The molecule has 542 valence electrons. The topological polar surface area (TPSA) is 0 Å². The van der Waals surface area contributed by atoms with Crippen molar-refractivity contribution in [3.05, 3.63) is 229 Å². The van der Waals surface area contributed by atoms with Gasteiger partial charge >= 0.3 is 0 Å². The first kappa shape index (κ1) is 79.1. The zero-order chi connectivity index (χ0) is 70.7. The van der Waals surface area contributed by atoms with Crippen LogP contribution < -0.4 is 0 Å². The van der Waals surface area contributed by atoms with Crippen molar-refractivity contribution in [1.82, 2.24) is 0 Å². The maximum Gasteiger partial charge on any atom is -0.00134 e. The van der Waals surface area contributed by atoms with Gasteiger partial charge in [-0.3, -0.25) is 0 Å². The van der Waals surface area contributed by atoms with E-state index < -0.39 is 0 Å². The molecule has 0 unspecified atom stereocenters. The third-order valence-corrected chi connectivity index (χ3v) is 22.2. The highest BCUT2D eigenvalue weighted by Gasteiger charge is 2.30. The third-order valence-electron chi connectivity index (χ3n) is 22.2. The summed E-state index contributed by atoms with van der Waals surface area (Å²) < 4.78 is 0. The van der Waals surface area contributed by atoms with Gasteiger partial charge < -0.3 is 0 Å². The summed E-state index contributed by atoms with van der Waals surface area (Å²) in [6.07, 6.45) is 58.7. The smallest absolute Gasteiger partial charge is 0.00134 e. The van der Waals surface area contributed by atoms with E-state index in [2.05, 4.69) is 234 Å². The second-order valence-electron chi connectivity index (χ2n) is 30.7. The minimum absolute atomic E-state index is 1.11. The molecule has 9 aromatic rings. The number of benzene rings is 9. The summed E-state index contributed by atoms with van der Waals surface area (Å²) >= 11 is 0. The Labute approximate surface area is 623 Å². The molecule has 0 aliphatic rings. The van der Waals surface area contributed by atoms with E-state index in [4.69, 9.17) is 0 Å². The van der Waals surface area contributed by atoms with Crippen molar-refractivity contribution < 1.29 is 0 Å². The van der Waals surface area contributed by atoms with Crippen LogP contribution in [0.15, 0.2) is 206 Å². The van der Waals surface area contributed by atoms with Crippen LogP contribution in [0, 0.1) is 0 Å². The Morgan fingerprint density at radius 3 is 0.520 bits per heavy atom. The van der Waals surface area contributed by atoms with Crippen LogP contribution in [-0.2, 0) is 25.7 Å². The van der Waals surface area contributed by atoms with Crippen molar-refractivity contribution in [2.75, 3.05) is 0 Å². The fourth-order valence-corrected chi connectivity index (χ4v) is 16.1. The van der Waals surface area contributed by atoms with Gasteiger partial charge in [0.2, 0.25) is 0 Å². The number of rotatable bonds is 52. The van der Waals surface area contributed by atoms with Crippen LogP contribution >= 0.6 is 0 Å². The number of unbranched alkanes of at least 4 members (excludes halogenated alkanes) is 36. The van der Waals surface area contributed by atoms with Gasteiger partial charge in [-0.05, 0) is 181 Å². The lowest BCUT2D eigenvalue weighted by Gasteiger charge is -2.29. The van der Waals surface area contributed by atoms with E-state index in [1.165, 1.54) is 368 Å². The van der Waals surface area contributed by atoms with Gasteiger partial charge in [-0.1, -0.05) is 447 Å². The van der Waals surface area contributed by atoms with Gasteiger partial charge in [0.15, 0.2) is 0 Å². The Bertz CT molecular complexity index is 3560. The van der Waals surface area contributed by atoms with Crippen LogP contribution in [0.25, 0.3) is 89.0 Å². The van der Waals surface area contributed by atoms with Gasteiger partial charge in [0.25, 0.3) is 0 Å². The predicted molar refractivity (Wildman–Crippen MR) is 452 cm³/mol. The van der Waals surface area contributed by atoms with Gasteiger partial charge in [-0.15, -0.1) is 0 Å². The average molecular weight is 1360 g/mol. The van der Waals surface area contributed by atoms with E-state index in [0.717, 1.165) is 25.7 Å². The minimum atomic E-state index is 1.11. The Kier molecular flexibility index (Phi) is 36.7. The molecular weight excluding hydrogens is 1230 g/mol. The lowest BCUT2D eigenvalue weighted by atomic mass is 9.73. The molecule has 0 heterocycles. The van der Waals surface area contributed by atoms with Crippen LogP contribution in [0.2, 0.25) is 0 Å². The monoisotopic (exact) mass is 1360 g/mol. The SMILES string of the molecule is CCCCCCCCCCCCc1ccc(-c2cc(-c3ccc(CCCCCCCCCCCC)cc3)cc(-c3c(-c4ccccc4)c(-c4ccccc4)c(-c4ccc(CCCCCCCCCCCC)cc4)c(-c4ccc(CCCCCCCCCCCC)cc4)c3-c3ccccc3)c2)cc1. The zero-order valence-electron chi connectivity index (χ0n) is 64.7. The molecule has 0 atom stereocenters. The molecule has 0 bridgehead atoms. The third kappa shape index (κ3) is 26.3. The largest absolute Gasteiger partial charge is 0.0654 e. The van der Waals surface area contributed by atoms with E-state index in [0.29, 0.717) is 0 Å². The van der Waals surface area contributed by atoms with Crippen molar-refractivity contribution in [1.29, 1.82) is 0 Å². The van der Waals surface area contributed by atoms with Crippen molar-refractivity contribution in [2.24, 2.45) is 0 Å². The van der Waals surface area contributed by atoms with Gasteiger partial charge in [-0.2, -0.15) is 0 Å². The fraction of sp³-hybridized carbons (Fsp3) is 0.471. The van der Waals surface area contributed by atoms with Crippen LogP contribution in [-0.4, -0.2) is 0 Å². The second-order valence-corrected chi connectivity index (χ2v) is 30.7. The molecule has 9 rings (SSSR count). The fourth-order valence-electron chi connectivity index (χ4n) is 16.1. The van der Waals surface area contributed by atoms with Crippen molar-refractivity contribution in [2.45, 2.75) is 310 Å². The predicted octanol–water partition coefficient (Wildman–Crippen LogP) is 32.9. The molecule has 102 heavy (non-hydrogen) atoms. The zero-order valence-corrected chi connectivity index (χ0v) is 64.7. The molecule has 0 radical (unpaired) electrons. The van der Waals surface area contributed by atoms with Crippen molar-refractivity contribution >= 4 is 0 Å². The second kappa shape index (κ2) is 47.4. The Morgan fingerprint density at radius 2 is 0.304 bits per heavy atom. The molecule has 0 saturated heterocycles. The normalized spacial score (nSPS) is 11.5. The molecule has 0 nitrogen and oxygen atoms in total. The summed E-state index contributed by atoms with van der Waals surface area (Å²) in [5.41, 5.74) is 25.9. The lowest BCUT2D eigenvalue weighted by Crippen LogP contribution is -2.03. The highest BCUT2D eigenvalue weighted by atomic mass is 14.3. The highest BCUT2D eigenvalue weighted by molar-refractivity contribution is 6.15. The van der Waals surface area contributed by atoms with E-state index in [1.807, 2.05) is 0 Å². The molecule has 0 aliphatic heterocycles. The highest BCUT2D eigenvalue weighted by Crippen LogP contribution is 2.56. The summed E-state index contributed by atoms with van der Waals surface area (Å²) in [5, 5.41) is 0. The van der Waals surface area contributed by atoms with Gasteiger partial charge in [0, 0.05) is 0 Å². The molecule has 9 aromatic carbocycles. The minimum Gasteiger partial charge on any atom is -0.0654 e. The van der Waals surface area contributed by atoms with E-state index in [9.17, 15) is 0 Å². The van der Waals surface area contributed by atoms with Crippen molar-refractivity contribution in [3.8, 4) is 89.0 Å². The van der Waals surface area contributed by atoms with Crippen LogP contribution in [0.4, 0.5) is 0 Å². The Hall–Kier alpha value is -7.02. The van der Waals surface area contributed by atoms with E-state index in [-0.39, 0.29) is 0 Å². The molecule has 0 heteroatoms. The number of hydrogen-bond donors (Lipinski definition) is 0. The van der Waals surface area contributed by atoms with Crippen LogP contribution in [0.1, 0.15) is 307 Å². The first-order chi connectivity index (χ1) is 50.6. The molecule has 0 amide bonds. The quantitative estimate of drug-likeness (QED) is 0.0333. The maximum atomic E-state index is 2.56. The standard InChI is InChI=1S/C102H134/c1-5-9-13-17-21-25-29-33-37-44-54-83-64-72-87(73-65-83)94-80-95(88-74-66-84(67-75-88)55-45-38-34-30-26-22-18-14-10-6-2)82-96(81-94)102-98(90-60-50-42-51-61-90)97(89-58-48-41-49-59-89)100(92-76-68-85(69-77-92)56-46-39-35-31-27-23-19-15-11-7-3)101(99(102)91-62-52-43-53-63-91)93-78-70-86(71-79-93)57-47-40-36-32-28-24-20-16-12-8-4/h41-43,48-53,58-82H,5-40,44-47,54-57H2,1-4H3. The molecule has 0 aromatic heterocycles. The van der Waals surface area contributed by atoms with Crippen LogP contribution in [0.3, 0.4) is 0 Å². The molecule has 0 N–H and O–H groups in total. The number of hydrogen-bond acceptors (Lipinski definition) is 0. The molecule has 0 spiro atoms. The van der Waals surface area contributed by atoms with Gasteiger partial charge in [-0.25, -0.2) is 0 Å². The van der Waals surface area contributed by atoms with Crippen molar-refractivity contribution in [3.63, 3.8) is 0 Å². The van der Waals surface area contributed by atoms with Gasteiger partial charge in [0.05, 0.1) is 0 Å². The van der Waals surface area contributed by atoms with Crippen LogP contribution in [0.5, 0.6) is 0 Å². The molecule has 0 aliphatic carbocycles. The lowest BCUT2D eigenvalue weighted by molar-refractivity contribution is 0.556. The summed E-state index contributed by atoms with van der Waals surface area (Å²) in [4.78, 5) is 0. The van der Waals surface area contributed by atoms with E-state index in [1.54, 1.807) is 0 Å². The van der Waals surface area contributed by atoms with Gasteiger partial charge in [0.1, 0.15) is 0 Å². The number of aryl methyl sites for hydroxylation is 4. The summed E-state index contributed by atoms with van der Waals surface area (Å²) in [7, 11) is 0. The van der Waals surface area contributed by atoms with E-state index >= 15 is 0 Å². The average Bonchev–Trinajstić information content (AvgIpc) is 0.715. The first-order valence-electron chi connectivity index (χ1n) is 42.5.